The summed E-state index contributed by atoms with van der Waals surface area (Å²) < 4.78 is 0. The van der Waals surface area contributed by atoms with Crippen LogP contribution in [0.4, 0.5) is 17.1 Å². The lowest BCUT2D eigenvalue weighted by Crippen LogP contribution is -2.61. The van der Waals surface area contributed by atoms with Gasteiger partial charge in [0.15, 0.2) is 0 Å². The van der Waals surface area contributed by atoms with Crippen molar-refractivity contribution in [1.29, 1.82) is 0 Å². The molecule has 0 spiro atoms. The minimum Gasteiger partial charge on any atom is -0.344 e. The molecule has 29 heavy (non-hydrogen) atoms. The highest BCUT2D eigenvalue weighted by Gasteiger charge is 2.54. The predicted octanol–water partition coefficient (Wildman–Crippen LogP) is 6.87. The van der Waals surface area contributed by atoms with E-state index >= 15 is 0 Å². The fraction of sp³-hybridized carbons (Fsp3) is 0.577. The van der Waals surface area contributed by atoms with Gasteiger partial charge in [0.1, 0.15) is 6.17 Å². The summed E-state index contributed by atoms with van der Waals surface area (Å²) in [7, 11) is 0. The van der Waals surface area contributed by atoms with Crippen molar-refractivity contribution in [3.05, 3.63) is 47.8 Å². The van der Waals surface area contributed by atoms with E-state index in [1.54, 1.807) is 0 Å². The zero-order valence-electron chi connectivity index (χ0n) is 19.1. The van der Waals surface area contributed by atoms with E-state index in [0.717, 1.165) is 6.42 Å². The third kappa shape index (κ3) is 3.14. The van der Waals surface area contributed by atoms with E-state index < -0.39 is 0 Å². The maximum absolute atomic E-state index is 4.48. The highest BCUT2D eigenvalue weighted by atomic mass is 15.5. The topological polar surface area (TPSA) is 19.4 Å². The Hall–Kier alpha value is -2.03. The first-order valence-corrected chi connectivity index (χ1v) is 11.5. The molecule has 0 saturated heterocycles. The number of rotatable bonds is 5. The minimum atomic E-state index is 0.0532. The van der Waals surface area contributed by atoms with Gasteiger partial charge in [-0.1, -0.05) is 33.3 Å². The largest absolute Gasteiger partial charge is 0.344 e. The maximum Gasteiger partial charge on any atom is 0.113 e. The zero-order valence-corrected chi connectivity index (χ0v) is 19.1. The van der Waals surface area contributed by atoms with Gasteiger partial charge < -0.3 is 9.80 Å². The summed E-state index contributed by atoms with van der Waals surface area (Å²) in [6.45, 7) is 14.1. The molecule has 1 unspecified atom stereocenters. The highest BCUT2D eigenvalue weighted by Crippen LogP contribution is 2.58. The third-order valence-corrected chi connectivity index (χ3v) is 7.23. The number of aryl methyl sites for hydroxylation is 1. The van der Waals surface area contributed by atoms with Crippen molar-refractivity contribution in [2.45, 2.75) is 91.8 Å². The first-order valence-electron chi connectivity index (χ1n) is 11.5. The molecule has 0 saturated carbocycles. The van der Waals surface area contributed by atoms with E-state index in [4.69, 9.17) is 0 Å². The van der Waals surface area contributed by atoms with Crippen LogP contribution in [0, 0.1) is 5.41 Å². The van der Waals surface area contributed by atoms with E-state index in [1.807, 2.05) is 6.20 Å². The number of hydrogen-bond donors (Lipinski definition) is 0. The fourth-order valence-electron chi connectivity index (χ4n) is 5.55. The summed E-state index contributed by atoms with van der Waals surface area (Å²) >= 11 is 0. The number of nitrogens with zero attached hydrogens (tertiary/aromatic N) is 3. The maximum atomic E-state index is 4.48. The Morgan fingerprint density at radius 3 is 2.45 bits per heavy atom. The lowest BCUT2D eigenvalue weighted by atomic mass is 9.70. The Kier molecular flexibility index (Phi) is 5.13. The molecule has 156 valence electrons. The third-order valence-electron chi connectivity index (χ3n) is 7.23. The van der Waals surface area contributed by atoms with Crippen LogP contribution >= 0.6 is 0 Å². The lowest BCUT2D eigenvalue weighted by Gasteiger charge is -2.54. The van der Waals surface area contributed by atoms with Gasteiger partial charge >= 0.3 is 0 Å². The van der Waals surface area contributed by atoms with Gasteiger partial charge in [0.05, 0.1) is 11.4 Å². The number of anilines is 3. The van der Waals surface area contributed by atoms with E-state index in [2.05, 4.69) is 86.8 Å². The number of benzene rings is 1. The van der Waals surface area contributed by atoms with Gasteiger partial charge in [-0.3, -0.25) is 4.98 Å². The van der Waals surface area contributed by atoms with E-state index in [9.17, 15) is 0 Å². The van der Waals surface area contributed by atoms with Gasteiger partial charge in [-0.05, 0) is 82.2 Å². The standard InChI is InChI=1S/C26H37N3/c1-7-10-11-19-12-13-22-23(16-19)29(25(4,5)6)24-26(8-2,9-3)17-20-18-27-15-14-21(20)28(22)24/h12-16,18,24H,7-11,17H2,1-6H3. The van der Waals surface area contributed by atoms with Crippen LogP contribution in [0.3, 0.4) is 0 Å². The normalized spacial score (nSPS) is 19.7. The number of hydrogen-bond acceptors (Lipinski definition) is 3. The molecule has 0 bridgehead atoms. The SMILES string of the molecule is CCCCc1ccc2c(c1)N(C(C)(C)C)C1N2c2ccncc2CC1(CC)CC. The van der Waals surface area contributed by atoms with E-state index in [0.29, 0.717) is 6.17 Å². The molecule has 2 aromatic rings. The van der Waals surface area contributed by atoms with E-state index in [1.165, 1.54) is 60.3 Å². The Morgan fingerprint density at radius 1 is 1.03 bits per heavy atom. The van der Waals surface area contributed by atoms with Crippen molar-refractivity contribution in [3.63, 3.8) is 0 Å². The van der Waals surface area contributed by atoms with Crippen molar-refractivity contribution >= 4 is 17.1 Å². The number of fused-ring (bicyclic) bond motifs is 5. The Labute approximate surface area is 177 Å². The molecule has 1 aromatic heterocycles. The Balaban J connectivity index is 1.95. The van der Waals surface area contributed by atoms with Gasteiger partial charge in [-0.2, -0.15) is 0 Å². The van der Waals surface area contributed by atoms with Crippen LogP contribution < -0.4 is 9.80 Å². The second-order valence-corrected chi connectivity index (χ2v) is 9.96. The van der Waals surface area contributed by atoms with Crippen LogP contribution in [0.25, 0.3) is 0 Å². The molecule has 3 nitrogen and oxygen atoms in total. The molecule has 2 aliphatic heterocycles. The molecule has 0 amide bonds. The molecule has 0 fully saturated rings. The van der Waals surface area contributed by atoms with Crippen LogP contribution in [0.15, 0.2) is 36.7 Å². The van der Waals surface area contributed by atoms with Crippen molar-refractivity contribution in [2.24, 2.45) is 5.41 Å². The first kappa shape index (κ1) is 20.3. The lowest BCUT2D eigenvalue weighted by molar-refractivity contribution is 0.174. The number of unbranched alkanes of at least 4 members (excludes halogenated alkanes) is 1. The first-order chi connectivity index (χ1) is 13.9. The van der Waals surface area contributed by atoms with E-state index in [-0.39, 0.29) is 11.0 Å². The summed E-state index contributed by atoms with van der Waals surface area (Å²) in [5.41, 5.74) is 7.24. The molecule has 1 aromatic carbocycles. The summed E-state index contributed by atoms with van der Waals surface area (Å²) in [5.74, 6) is 0. The monoisotopic (exact) mass is 391 g/mol. The quantitative estimate of drug-likeness (QED) is 0.554. The van der Waals surface area contributed by atoms with Crippen LogP contribution in [-0.2, 0) is 12.8 Å². The predicted molar refractivity (Wildman–Crippen MR) is 124 cm³/mol. The van der Waals surface area contributed by atoms with Crippen molar-refractivity contribution in [3.8, 4) is 0 Å². The second kappa shape index (κ2) is 7.34. The van der Waals surface area contributed by atoms with Gasteiger partial charge in [0.2, 0.25) is 0 Å². The summed E-state index contributed by atoms with van der Waals surface area (Å²) in [4.78, 5) is 9.84. The van der Waals surface area contributed by atoms with Crippen LogP contribution in [0.5, 0.6) is 0 Å². The van der Waals surface area contributed by atoms with Crippen molar-refractivity contribution in [2.75, 3.05) is 9.80 Å². The smallest absolute Gasteiger partial charge is 0.113 e. The summed E-state index contributed by atoms with van der Waals surface area (Å²) in [5, 5.41) is 0. The Bertz CT molecular complexity index is 876. The van der Waals surface area contributed by atoms with Gasteiger partial charge in [0, 0.05) is 29.0 Å². The number of pyridine rings is 1. The zero-order chi connectivity index (χ0) is 20.8. The molecular formula is C26H37N3. The molecule has 3 heteroatoms. The summed E-state index contributed by atoms with van der Waals surface area (Å²) in [6.07, 6.45) is 11.5. The van der Waals surface area contributed by atoms with Crippen molar-refractivity contribution < 1.29 is 0 Å². The fourth-order valence-corrected chi connectivity index (χ4v) is 5.55. The van der Waals surface area contributed by atoms with Crippen LogP contribution in [0.2, 0.25) is 0 Å². The molecule has 0 aliphatic carbocycles. The average molecular weight is 392 g/mol. The molecular weight excluding hydrogens is 354 g/mol. The average Bonchev–Trinajstić information content (AvgIpc) is 3.07. The van der Waals surface area contributed by atoms with Gasteiger partial charge in [-0.15, -0.1) is 0 Å². The van der Waals surface area contributed by atoms with Crippen LogP contribution in [0.1, 0.15) is 78.4 Å². The molecule has 0 radical (unpaired) electrons. The minimum absolute atomic E-state index is 0.0532. The second-order valence-electron chi connectivity index (χ2n) is 9.96. The van der Waals surface area contributed by atoms with Gasteiger partial charge in [-0.25, -0.2) is 0 Å². The molecule has 3 heterocycles. The number of aromatic nitrogens is 1. The summed E-state index contributed by atoms with van der Waals surface area (Å²) in [6, 6.07) is 9.43. The highest BCUT2D eigenvalue weighted by molar-refractivity contribution is 5.87. The Morgan fingerprint density at radius 2 is 1.79 bits per heavy atom. The molecule has 4 rings (SSSR count). The van der Waals surface area contributed by atoms with Crippen molar-refractivity contribution in [1.82, 2.24) is 4.98 Å². The van der Waals surface area contributed by atoms with Gasteiger partial charge in [0.25, 0.3) is 0 Å². The van der Waals surface area contributed by atoms with Crippen LogP contribution in [-0.4, -0.2) is 16.7 Å². The molecule has 1 atom stereocenters. The molecule has 0 N–H and O–H groups in total. The molecule has 2 aliphatic rings.